The number of aromatic nitrogens is 3. The number of hydrogen-bond acceptors (Lipinski definition) is 6. The van der Waals surface area contributed by atoms with Gasteiger partial charge in [0.25, 0.3) is 0 Å². The molecule has 1 unspecified atom stereocenters. The number of hydrogen-bond donors (Lipinski definition) is 0. The second-order valence-corrected chi connectivity index (χ2v) is 9.03. The predicted molar refractivity (Wildman–Crippen MR) is 109 cm³/mol. The van der Waals surface area contributed by atoms with Crippen LogP contribution in [0.25, 0.3) is 11.3 Å². The zero-order valence-corrected chi connectivity index (χ0v) is 17.8. The van der Waals surface area contributed by atoms with Crippen LogP contribution in [-0.4, -0.2) is 46.6 Å². The van der Waals surface area contributed by atoms with Crippen LogP contribution >= 0.6 is 0 Å². The van der Waals surface area contributed by atoms with E-state index in [9.17, 15) is 4.79 Å². The zero-order chi connectivity index (χ0) is 20.5. The van der Waals surface area contributed by atoms with Crippen molar-refractivity contribution >= 4 is 11.9 Å². The molecule has 3 heterocycles. The number of amides is 1. The van der Waals surface area contributed by atoms with Gasteiger partial charge >= 0.3 is 0 Å². The van der Waals surface area contributed by atoms with Gasteiger partial charge in [0, 0.05) is 39.3 Å². The van der Waals surface area contributed by atoms with Gasteiger partial charge in [-0.05, 0) is 31.6 Å². The zero-order valence-electron chi connectivity index (χ0n) is 17.8. The molecule has 0 N–H and O–H groups in total. The van der Waals surface area contributed by atoms with Gasteiger partial charge in [0.15, 0.2) is 5.76 Å². The van der Waals surface area contributed by atoms with Crippen molar-refractivity contribution in [1.29, 1.82) is 0 Å². The van der Waals surface area contributed by atoms with Gasteiger partial charge in [-0.2, -0.15) is 0 Å². The molecule has 1 aliphatic heterocycles. The third-order valence-electron chi connectivity index (χ3n) is 4.92. The maximum atomic E-state index is 13.1. The minimum atomic E-state index is -0.0780. The summed E-state index contributed by atoms with van der Waals surface area (Å²) < 4.78 is 5.51. The Kier molecular flexibility index (Phi) is 5.72. The highest BCUT2D eigenvalue weighted by Gasteiger charge is 2.33. The maximum absolute atomic E-state index is 13.1. The minimum Gasteiger partial charge on any atom is -0.356 e. The van der Waals surface area contributed by atoms with Gasteiger partial charge in [-0.15, -0.1) is 0 Å². The van der Waals surface area contributed by atoms with Gasteiger partial charge in [0.1, 0.15) is 0 Å². The molecule has 0 aliphatic carbocycles. The van der Waals surface area contributed by atoms with E-state index in [0.717, 1.165) is 42.8 Å². The lowest BCUT2D eigenvalue weighted by Crippen LogP contribution is -2.40. The molecule has 152 valence electrons. The lowest BCUT2D eigenvalue weighted by Gasteiger charge is -2.37. The van der Waals surface area contributed by atoms with Gasteiger partial charge < -0.3 is 14.3 Å². The molecule has 1 amide bonds. The van der Waals surface area contributed by atoms with Crippen LogP contribution in [0.3, 0.4) is 0 Å². The first-order valence-electron chi connectivity index (χ1n) is 9.93. The van der Waals surface area contributed by atoms with E-state index < -0.39 is 0 Å². The molecule has 28 heavy (non-hydrogen) atoms. The molecule has 0 radical (unpaired) electrons. The highest BCUT2D eigenvalue weighted by molar-refractivity contribution is 5.78. The Morgan fingerprint density at radius 3 is 2.68 bits per heavy atom. The molecule has 1 fully saturated rings. The molecular formula is C21H31N5O2. The third-order valence-corrected chi connectivity index (χ3v) is 4.92. The number of carbonyl (C=O) groups is 1. The summed E-state index contributed by atoms with van der Waals surface area (Å²) in [6.07, 6.45) is 5.29. The lowest BCUT2D eigenvalue weighted by atomic mass is 9.89. The lowest BCUT2D eigenvalue weighted by molar-refractivity contribution is -0.137. The average Bonchev–Trinajstić information content (AvgIpc) is 3.06. The SMILES string of the molecule is Cc1cc(-c2cnc(N(C)C)nc2C2CCCCN2C(=O)CC(C)(C)C)on1. The van der Waals surface area contributed by atoms with Crippen molar-refractivity contribution < 1.29 is 9.32 Å². The highest BCUT2D eigenvalue weighted by Crippen LogP contribution is 2.37. The number of carbonyl (C=O) groups excluding carboxylic acids is 1. The highest BCUT2D eigenvalue weighted by atomic mass is 16.5. The standard InChI is InChI=1S/C21H31N5O2/c1-14-11-17(28-24-14)15-13-22-20(25(5)6)23-19(15)16-9-7-8-10-26(16)18(27)12-21(2,3)4/h11,13,16H,7-10,12H2,1-6H3. The van der Waals surface area contributed by atoms with Crippen molar-refractivity contribution in [3.05, 3.63) is 23.7 Å². The quantitative estimate of drug-likeness (QED) is 0.792. The van der Waals surface area contributed by atoms with Gasteiger partial charge in [-0.1, -0.05) is 25.9 Å². The molecule has 0 bridgehead atoms. The molecule has 7 nitrogen and oxygen atoms in total. The van der Waals surface area contributed by atoms with E-state index in [4.69, 9.17) is 9.51 Å². The van der Waals surface area contributed by atoms with Crippen molar-refractivity contribution in [2.45, 2.75) is 59.4 Å². The fourth-order valence-corrected chi connectivity index (χ4v) is 3.60. The molecule has 0 spiro atoms. The monoisotopic (exact) mass is 385 g/mol. The summed E-state index contributed by atoms with van der Waals surface area (Å²) in [7, 11) is 3.83. The normalized spacial score (nSPS) is 17.6. The predicted octanol–water partition coefficient (Wildman–Crippen LogP) is 4.00. The van der Waals surface area contributed by atoms with E-state index in [1.807, 2.05) is 36.9 Å². The van der Waals surface area contributed by atoms with E-state index in [0.29, 0.717) is 18.1 Å². The first-order valence-corrected chi connectivity index (χ1v) is 9.93. The molecule has 0 saturated carbocycles. The van der Waals surface area contributed by atoms with Crippen molar-refractivity contribution in [3.8, 4) is 11.3 Å². The first kappa shape index (κ1) is 20.3. The van der Waals surface area contributed by atoms with Crippen molar-refractivity contribution in [3.63, 3.8) is 0 Å². The van der Waals surface area contributed by atoms with Crippen molar-refractivity contribution in [1.82, 2.24) is 20.0 Å². The Hall–Kier alpha value is -2.44. The Morgan fingerprint density at radius 2 is 2.07 bits per heavy atom. The molecule has 2 aromatic heterocycles. The minimum absolute atomic E-state index is 0.0512. The van der Waals surface area contributed by atoms with E-state index in [-0.39, 0.29) is 17.4 Å². The number of rotatable bonds is 4. The number of likely N-dealkylation sites (tertiary alicyclic amines) is 1. The van der Waals surface area contributed by atoms with Gasteiger partial charge in [0.2, 0.25) is 11.9 Å². The van der Waals surface area contributed by atoms with Crippen LogP contribution in [0.4, 0.5) is 5.95 Å². The average molecular weight is 386 g/mol. The summed E-state index contributed by atoms with van der Waals surface area (Å²) in [6, 6.07) is 1.81. The Bertz CT molecular complexity index is 838. The maximum Gasteiger partial charge on any atom is 0.225 e. The topological polar surface area (TPSA) is 75.4 Å². The Morgan fingerprint density at radius 1 is 1.32 bits per heavy atom. The molecule has 7 heteroatoms. The van der Waals surface area contributed by atoms with Crippen LogP contribution in [-0.2, 0) is 4.79 Å². The van der Waals surface area contributed by atoms with Crippen LogP contribution in [0.2, 0.25) is 0 Å². The van der Waals surface area contributed by atoms with Crippen LogP contribution in [0.5, 0.6) is 0 Å². The van der Waals surface area contributed by atoms with Crippen LogP contribution < -0.4 is 4.90 Å². The fraction of sp³-hybridized carbons (Fsp3) is 0.619. The number of aryl methyl sites for hydroxylation is 1. The number of anilines is 1. The Labute approximate surface area is 167 Å². The van der Waals surface area contributed by atoms with Crippen LogP contribution in [0, 0.1) is 12.3 Å². The summed E-state index contributed by atoms with van der Waals surface area (Å²) in [5.74, 6) is 1.46. The molecule has 1 aliphatic rings. The van der Waals surface area contributed by atoms with Crippen LogP contribution in [0.15, 0.2) is 16.8 Å². The second-order valence-electron chi connectivity index (χ2n) is 9.03. The molecule has 1 saturated heterocycles. The first-order chi connectivity index (χ1) is 13.2. The second kappa shape index (κ2) is 7.89. The number of nitrogens with zero attached hydrogens (tertiary/aromatic N) is 5. The smallest absolute Gasteiger partial charge is 0.225 e. The van der Waals surface area contributed by atoms with E-state index >= 15 is 0 Å². The summed E-state index contributed by atoms with van der Waals surface area (Å²) in [5, 5.41) is 4.02. The summed E-state index contributed by atoms with van der Waals surface area (Å²) in [4.78, 5) is 26.3. The summed E-state index contributed by atoms with van der Waals surface area (Å²) >= 11 is 0. The van der Waals surface area contributed by atoms with E-state index in [1.165, 1.54) is 0 Å². The summed E-state index contributed by atoms with van der Waals surface area (Å²) in [5.41, 5.74) is 2.41. The van der Waals surface area contributed by atoms with Gasteiger partial charge in [-0.25, -0.2) is 9.97 Å². The van der Waals surface area contributed by atoms with Gasteiger partial charge in [0.05, 0.1) is 23.0 Å². The Balaban J connectivity index is 2.05. The largest absolute Gasteiger partial charge is 0.356 e. The third kappa shape index (κ3) is 4.51. The molecular weight excluding hydrogens is 354 g/mol. The van der Waals surface area contributed by atoms with Crippen molar-refractivity contribution in [2.24, 2.45) is 5.41 Å². The fourth-order valence-electron chi connectivity index (χ4n) is 3.60. The van der Waals surface area contributed by atoms with E-state index in [2.05, 4.69) is 30.9 Å². The van der Waals surface area contributed by atoms with E-state index in [1.54, 1.807) is 6.20 Å². The summed E-state index contributed by atoms with van der Waals surface area (Å²) in [6.45, 7) is 8.95. The molecule has 1 atom stereocenters. The van der Waals surface area contributed by atoms with Gasteiger partial charge in [-0.3, -0.25) is 4.79 Å². The number of piperidine rings is 1. The van der Waals surface area contributed by atoms with Crippen molar-refractivity contribution in [2.75, 3.05) is 25.5 Å². The van der Waals surface area contributed by atoms with Crippen LogP contribution in [0.1, 0.15) is 63.9 Å². The molecule has 2 aromatic rings. The molecule has 0 aromatic carbocycles. The molecule has 3 rings (SSSR count).